The van der Waals surface area contributed by atoms with Gasteiger partial charge in [-0.2, -0.15) is 13.2 Å². The van der Waals surface area contributed by atoms with Crippen molar-refractivity contribution in [1.29, 1.82) is 0 Å². The second-order valence-electron chi connectivity index (χ2n) is 5.82. The van der Waals surface area contributed by atoms with Crippen molar-refractivity contribution >= 4 is 17.6 Å². The van der Waals surface area contributed by atoms with Gasteiger partial charge in [0.15, 0.2) is 0 Å². The molecule has 1 aliphatic rings. The van der Waals surface area contributed by atoms with E-state index in [1.807, 2.05) is 0 Å². The minimum atomic E-state index is -4.47. The quantitative estimate of drug-likeness (QED) is 0.819. The Kier molecular flexibility index (Phi) is 6.24. The number of hydrogen-bond acceptors (Lipinski definition) is 3. The molecule has 1 aromatic carbocycles. The lowest BCUT2D eigenvalue weighted by molar-refractivity contribution is -0.137. The summed E-state index contributed by atoms with van der Waals surface area (Å²) in [5, 5.41) is 4.95. The number of methoxy groups -OCH3 is 1. The Bertz CT molecular complexity index is 622. The van der Waals surface area contributed by atoms with Gasteiger partial charge < -0.3 is 20.3 Å². The number of carbonyl (C=O) groups is 2. The summed E-state index contributed by atoms with van der Waals surface area (Å²) in [5.41, 5.74) is -0.781. The maximum Gasteiger partial charge on any atom is 0.416 e. The van der Waals surface area contributed by atoms with Crippen LogP contribution in [0.5, 0.6) is 0 Å². The zero-order chi connectivity index (χ0) is 18.4. The number of nitrogens with zero attached hydrogens (tertiary/aromatic N) is 1. The lowest BCUT2D eigenvalue weighted by Crippen LogP contribution is -2.34. The molecule has 0 unspecified atom stereocenters. The molecular formula is C16H20F3N3O3. The van der Waals surface area contributed by atoms with Gasteiger partial charge in [0, 0.05) is 44.8 Å². The molecule has 3 amide bonds. The number of likely N-dealkylation sites (tertiary alicyclic amines) is 1. The SMILES string of the molecule is COCCN1C[C@H](CNC(=O)Nc2cccc(C(F)(F)F)c2)CC1=O. The summed E-state index contributed by atoms with van der Waals surface area (Å²) in [4.78, 5) is 25.3. The van der Waals surface area contributed by atoms with Crippen molar-refractivity contribution in [3.63, 3.8) is 0 Å². The molecule has 138 valence electrons. The Labute approximate surface area is 143 Å². The van der Waals surface area contributed by atoms with Gasteiger partial charge in [-0.25, -0.2) is 4.79 Å². The summed E-state index contributed by atoms with van der Waals surface area (Å²) >= 11 is 0. The summed E-state index contributed by atoms with van der Waals surface area (Å²) in [6.45, 7) is 1.73. The molecule has 0 bridgehead atoms. The highest BCUT2D eigenvalue weighted by Gasteiger charge is 2.31. The number of amides is 3. The number of hydrogen-bond donors (Lipinski definition) is 2. The van der Waals surface area contributed by atoms with Crippen LogP contribution in [0.15, 0.2) is 24.3 Å². The molecule has 1 aromatic rings. The van der Waals surface area contributed by atoms with E-state index in [4.69, 9.17) is 4.74 Å². The topological polar surface area (TPSA) is 70.7 Å². The number of benzene rings is 1. The lowest BCUT2D eigenvalue weighted by atomic mass is 10.1. The summed E-state index contributed by atoms with van der Waals surface area (Å²) in [7, 11) is 1.55. The van der Waals surface area contributed by atoms with Gasteiger partial charge in [0.2, 0.25) is 5.91 Å². The molecule has 2 rings (SSSR count). The van der Waals surface area contributed by atoms with Crippen LogP contribution in [-0.2, 0) is 15.7 Å². The van der Waals surface area contributed by atoms with E-state index in [-0.39, 0.29) is 24.1 Å². The predicted octanol–water partition coefficient (Wildman–Crippen LogP) is 2.32. The van der Waals surface area contributed by atoms with Crippen LogP contribution in [0.3, 0.4) is 0 Å². The average Bonchev–Trinajstić information content (AvgIpc) is 2.90. The number of urea groups is 1. The van der Waals surface area contributed by atoms with E-state index < -0.39 is 17.8 Å². The van der Waals surface area contributed by atoms with E-state index in [1.165, 1.54) is 12.1 Å². The van der Waals surface area contributed by atoms with Gasteiger partial charge >= 0.3 is 12.2 Å². The van der Waals surface area contributed by atoms with Crippen LogP contribution >= 0.6 is 0 Å². The van der Waals surface area contributed by atoms with Crippen molar-refractivity contribution in [3.05, 3.63) is 29.8 Å². The molecule has 1 fully saturated rings. The second kappa shape index (κ2) is 8.19. The van der Waals surface area contributed by atoms with Crippen LogP contribution in [0.25, 0.3) is 0 Å². The molecule has 1 atom stereocenters. The van der Waals surface area contributed by atoms with Gasteiger partial charge in [-0.3, -0.25) is 4.79 Å². The molecule has 0 radical (unpaired) electrons. The fourth-order valence-corrected chi connectivity index (χ4v) is 2.59. The third-order valence-electron chi connectivity index (χ3n) is 3.86. The number of alkyl halides is 3. The zero-order valence-corrected chi connectivity index (χ0v) is 13.7. The first-order chi connectivity index (χ1) is 11.8. The van der Waals surface area contributed by atoms with Crippen molar-refractivity contribution in [1.82, 2.24) is 10.2 Å². The van der Waals surface area contributed by atoms with Crippen LogP contribution < -0.4 is 10.6 Å². The van der Waals surface area contributed by atoms with Gasteiger partial charge in [0.1, 0.15) is 0 Å². The highest BCUT2D eigenvalue weighted by molar-refractivity contribution is 5.89. The van der Waals surface area contributed by atoms with E-state index in [0.29, 0.717) is 26.1 Å². The number of halogens is 3. The predicted molar refractivity (Wildman–Crippen MR) is 85.0 cm³/mol. The van der Waals surface area contributed by atoms with Crippen molar-refractivity contribution in [2.45, 2.75) is 12.6 Å². The Hall–Kier alpha value is -2.29. The summed E-state index contributed by atoms with van der Waals surface area (Å²) in [5.74, 6) is -0.0289. The first-order valence-electron chi connectivity index (χ1n) is 7.78. The Morgan fingerprint density at radius 3 is 2.84 bits per heavy atom. The average molecular weight is 359 g/mol. The van der Waals surface area contributed by atoms with Gasteiger partial charge in [-0.15, -0.1) is 0 Å². The van der Waals surface area contributed by atoms with Crippen molar-refractivity contribution in [3.8, 4) is 0 Å². The van der Waals surface area contributed by atoms with Gasteiger partial charge in [-0.1, -0.05) is 6.07 Å². The molecule has 1 saturated heterocycles. The van der Waals surface area contributed by atoms with Crippen LogP contribution in [0.1, 0.15) is 12.0 Å². The third kappa shape index (κ3) is 5.63. The maximum absolute atomic E-state index is 12.6. The Morgan fingerprint density at radius 2 is 2.16 bits per heavy atom. The first-order valence-corrected chi connectivity index (χ1v) is 7.78. The van der Waals surface area contributed by atoms with E-state index >= 15 is 0 Å². The highest BCUT2D eigenvalue weighted by Crippen LogP contribution is 2.30. The minimum absolute atomic E-state index is 0.00198. The smallest absolute Gasteiger partial charge is 0.383 e. The number of carbonyl (C=O) groups excluding carboxylic acids is 2. The van der Waals surface area contributed by atoms with E-state index in [2.05, 4.69) is 10.6 Å². The first kappa shape index (κ1) is 19.0. The van der Waals surface area contributed by atoms with Crippen molar-refractivity contribution < 1.29 is 27.5 Å². The number of anilines is 1. The summed E-state index contributed by atoms with van der Waals surface area (Å²) in [6.07, 6.45) is -4.14. The maximum atomic E-state index is 12.6. The molecular weight excluding hydrogens is 339 g/mol. The fraction of sp³-hybridized carbons (Fsp3) is 0.500. The van der Waals surface area contributed by atoms with E-state index in [9.17, 15) is 22.8 Å². The fourth-order valence-electron chi connectivity index (χ4n) is 2.59. The second-order valence-corrected chi connectivity index (χ2v) is 5.82. The number of ether oxygens (including phenoxy) is 1. The van der Waals surface area contributed by atoms with Gasteiger partial charge in [0.05, 0.1) is 12.2 Å². The standard InChI is InChI=1S/C16H20F3N3O3/c1-25-6-5-22-10-11(7-14(22)23)9-20-15(24)21-13-4-2-3-12(8-13)16(17,18)19/h2-4,8,11H,5-7,9-10H2,1H3,(H2,20,21,24)/t11-/m0/s1. The van der Waals surface area contributed by atoms with Crippen LogP contribution in [0, 0.1) is 5.92 Å². The Morgan fingerprint density at radius 1 is 1.40 bits per heavy atom. The molecule has 1 heterocycles. The van der Waals surface area contributed by atoms with E-state index in [1.54, 1.807) is 12.0 Å². The molecule has 0 aliphatic carbocycles. The highest BCUT2D eigenvalue weighted by atomic mass is 19.4. The molecule has 25 heavy (non-hydrogen) atoms. The largest absolute Gasteiger partial charge is 0.416 e. The minimum Gasteiger partial charge on any atom is -0.383 e. The molecule has 0 saturated carbocycles. The third-order valence-corrected chi connectivity index (χ3v) is 3.86. The molecule has 1 aliphatic heterocycles. The summed E-state index contributed by atoms with van der Waals surface area (Å²) in [6, 6.07) is 3.79. The van der Waals surface area contributed by atoms with Crippen LogP contribution in [0.2, 0.25) is 0 Å². The van der Waals surface area contributed by atoms with E-state index in [0.717, 1.165) is 12.1 Å². The van der Waals surface area contributed by atoms with Crippen LogP contribution in [-0.4, -0.2) is 50.2 Å². The normalized spacial score (nSPS) is 17.7. The van der Waals surface area contributed by atoms with Gasteiger partial charge in [0.25, 0.3) is 0 Å². The zero-order valence-electron chi connectivity index (χ0n) is 13.7. The van der Waals surface area contributed by atoms with Crippen molar-refractivity contribution in [2.75, 3.05) is 38.7 Å². The van der Waals surface area contributed by atoms with Gasteiger partial charge in [-0.05, 0) is 18.2 Å². The summed E-state index contributed by atoms with van der Waals surface area (Å²) < 4.78 is 42.9. The monoisotopic (exact) mass is 359 g/mol. The number of nitrogens with one attached hydrogen (secondary N) is 2. The Balaban J connectivity index is 1.81. The van der Waals surface area contributed by atoms with Crippen molar-refractivity contribution in [2.24, 2.45) is 5.92 Å². The van der Waals surface area contributed by atoms with Crippen LogP contribution in [0.4, 0.5) is 23.7 Å². The number of rotatable bonds is 6. The molecule has 6 nitrogen and oxygen atoms in total. The lowest BCUT2D eigenvalue weighted by Gasteiger charge is -2.16. The molecule has 0 aromatic heterocycles. The molecule has 0 spiro atoms. The molecule has 9 heteroatoms. The molecule has 2 N–H and O–H groups in total.